The number of aryl methyl sites for hydroxylation is 1. The third-order valence-corrected chi connectivity index (χ3v) is 6.71. The number of hydrogen-bond acceptors (Lipinski definition) is 6. The summed E-state index contributed by atoms with van der Waals surface area (Å²) in [6, 6.07) is 1.26. The molecule has 11 heteroatoms. The van der Waals surface area contributed by atoms with Gasteiger partial charge in [0, 0.05) is 41.1 Å². The van der Waals surface area contributed by atoms with Crippen LogP contribution in [0.3, 0.4) is 0 Å². The van der Waals surface area contributed by atoms with Gasteiger partial charge in [-0.15, -0.1) is 0 Å². The molecule has 2 saturated heterocycles. The summed E-state index contributed by atoms with van der Waals surface area (Å²) in [6.07, 6.45) is 0.824. The Morgan fingerprint density at radius 2 is 1.76 bits per heavy atom. The van der Waals surface area contributed by atoms with Crippen molar-refractivity contribution in [3.8, 4) is 11.3 Å². The van der Waals surface area contributed by atoms with Crippen LogP contribution in [-0.4, -0.2) is 49.4 Å². The van der Waals surface area contributed by atoms with Crippen LogP contribution in [-0.2, 0) is 22.1 Å². The Hall–Kier alpha value is -2.56. The van der Waals surface area contributed by atoms with Crippen LogP contribution in [0.5, 0.6) is 0 Å². The highest BCUT2D eigenvalue weighted by molar-refractivity contribution is 9.10. The largest absolute Gasteiger partial charge is 0.451 e. The van der Waals surface area contributed by atoms with Gasteiger partial charge in [-0.05, 0) is 73.5 Å². The zero-order valence-corrected chi connectivity index (χ0v) is 20.5. The first kappa shape index (κ1) is 24.6. The molecule has 3 aliphatic rings. The highest BCUT2D eigenvalue weighted by Gasteiger charge is 2.56. The Kier molecular flexibility index (Phi) is 6.43. The second-order valence-corrected chi connectivity index (χ2v) is 10.5. The van der Waals surface area contributed by atoms with Crippen LogP contribution >= 0.6 is 15.9 Å². The fraction of sp³-hybridized carbons (Fsp3) is 0.522. The van der Waals surface area contributed by atoms with Crippen molar-refractivity contribution in [2.75, 3.05) is 0 Å². The topological polar surface area (TPSA) is 85.3 Å². The summed E-state index contributed by atoms with van der Waals surface area (Å²) < 4.78 is 44.4. The fourth-order valence-electron chi connectivity index (χ4n) is 4.41. The molecule has 4 heterocycles. The average molecular weight is 541 g/mol. The van der Waals surface area contributed by atoms with E-state index in [9.17, 15) is 22.8 Å². The molecule has 2 aromatic heterocycles. The van der Waals surface area contributed by atoms with Gasteiger partial charge in [0.2, 0.25) is 5.82 Å². The highest BCUT2D eigenvalue weighted by Crippen LogP contribution is 2.47. The number of pyridine rings is 1. The maximum Gasteiger partial charge on any atom is 0.451 e. The first-order valence-corrected chi connectivity index (χ1v) is 11.7. The molecule has 34 heavy (non-hydrogen) atoms. The molecule has 2 aliphatic heterocycles. The van der Waals surface area contributed by atoms with Crippen LogP contribution in [0.2, 0.25) is 0 Å². The van der Waals surface area contributed by atoms with Crippen LogP contribution in [0.4, 0.5) is 18.0 Å². The van der Waals surface area contributed by atoms with Crippen LogP contribution in [0.15, 0.2) is 29.1 Å². The summed E-state index contributed by atoms with van der Waals surface area (Å²) in [6.45, 7) is 5.38. The van der Waals surface area contributed by atoms with Crippen molar-refractivity contribution in [2.45, 2.75) is 70.3 Å². The van der Waals surface area contributed by atoms with E-state index in [2.05, 4.69) is 30.9 Å². The number of fused-ring (bicyclic) bond motifs is 1. The monoisotopic (exact) mass is 540 g/mol. The number of halogens is 4. The van der Waals surface area contributed by atoms with Gasteiger partial charge in [-0.2, -0.15) is 13.2 Å². The molecule has 1 amide bonds. The summed E-state index contributed by atoms with van der Waals surface area (Å²) in [5.74, 6) is -1.09. The van der Waals surface area contributed by atoms with Gasteiger partial charge in [0.25, 0.3) is 0 Å². The van der Waals surface area contributed by atoms with E-state index in [0.29, 0.717) is 22.2 Å². The van der Waals surface area contributed by atoms with Gasteiger partial charge in [-0.1, -0.05) is 0 Å². The van der Waals surface area contributed by atoms with E-state index >= 15 is 0 Å². The normalized spacial score (nSPS) is 21.9. The molecule has 0 aromatic carbocycles. The van der Waals surface area contributed by atoms with Gasteiger partial charge < -0.3 is 4.74 Å². The Labute approximate surface area is 203 Å². The maximum atomic E-state index is 13.1. The van der Waals surface area contributed by atoms with Crippen molar-refractivity contribution < 1.29 is 27.5 Å². The molecular formula is C23H24BrF3N4O3. The number of rotatable bonds is 5. The van der Waals surface area contributed by atoms with Gasteiger partial charge in [-0.3, -0.25) is 14.7 Å². The number of hydrogen-bond donors (Lipinski definition) is 0. The lowest BCUT2D eigenvalue weighted by Gasteiger charge is -2.29. The fourth-order valence-corrected chi connectivity index (χ4v) is 4.82. The number of carbonyl (C=O) groups excluding carboxylic acids is 2. The third kappa shape index (κ3) is 5.08. The molecule has 1 atom stereocenters. The van der Waals surface area contributed by atoms with Crippen LogP contribution < -0.4 is 0 Å². The zero-order valence-electron chi connectivity index (χ0n) is 18.9. The lowest BCUT2D eigenvalue weighted by atomic mass is 9.81. The summed E-state index contributed by atoms with van der Waals surface area (Å²) >= 11 is 3.42. The quantitative estimate of drug-likeness (QED) is 0.516. The standard InChI is InChI=1S/C23H24BrF3N4O3/c1-22(2,3)34-21(33)31-15-6-13(7-15)19(31)18(32)5-4-12-8-17(28-11-16(12)24)14-9-29-20(30-10-14)23(25,26)27/h8-11,13,15,19H,4-7H2,1-3H3. The Morgan fingerprint density at radius 3 is 2.35 bits per heavy atom. The second-order valence-electron chi connectivity index (χ2n) is 9.64. The Morgan fingerprint density at radius 1 is 1.12 bits per heavy atom. The number of carbonyl (C=O) groups is 2. The van der Waals surface area contributed by atoms with Gasteiger partial charge >= 0.3 is 12.3 Å². The van der Waals surface area contributed by atoms with Gasteiger partial charge in [-0.25, -0.2) is 14.8 Å². The van der Waals surface area contributed by atoms with E-state index in [1.165, 1.54) is 6.20 Å². The first-order valence-electron chi connectivity index (χ1n) is 10.9. The zero-order chi connectivity index (χ0) is 24.8. The maximum absolute atomic E-state index is 13.1. The van der Waals surface area contributed by atoms with Gasteiger partial charge in [0.15, 0.2) is 5.78 Å². The highest BCUT2D eigenvalue weighted by atomic mass is 79.9. The minimum atomic E-state index is -4.62. The molecular weight excluding hydrogens is 517 g/mol. The third-order valence-electron chi connectivity index (χ3n) is 6.00. The lowest BCUT2D eigenvalue weighted by Crippen LogP contribution is -2.44. The van der Waals surface area contributed by atoms with Gasteiger partial charge in [0.1, 0.15) is 5.60 Å². The molecule has 1 saturated carbocycles. The number of ketones is 1. The van der Waals surface area contributed by atoms with Crippen LogP contribution in [0, 0.1) is 5.92 Å². The van der Waals surface area contributed by atoms with E-state index in [1.807, 2.05) is 0 Å². The second kappa shape index (κ2) is 8.90. The SMILES string of the molecule is CC(C)(C)OC(=O)N1C2CC(C2)C1C(=O)CCc1cc(-c2cnc(C(F)(F)F)nc2)ncc1Br. The number of nitrogens with zero attached hydrogens (tertiary/aromatic N) is 4. The minimum Gasteiger partial charge on any atom is -0.444 e. The molecule has 2 bridgehead atoms. The number of alkyl halides is 3. The average Bonchev–Trinajstić information content (AvgIpc) is 3.28. The molecule has 0 N–H and O–H groups in total. The molecule has 5 rings (SSSR count). The Bertz CT molecular complexity index is 1100. The number of aromatic nitrogens is 3. The van der Waals surface area contributed by atoms with Crippen molar-refractivity contribution in [3.05, 3.63) is 40.5 Å². The van der Waals surface area contributed by atoms with Crippen molar-refractivity contribution in [3.63, 3.8) is 0 Å². The van der Waals surface area contributed by atoms with Crippen molar-refractivity contribution in [1.29, 1.82) is 0 Å². The predicted octanol–water partition coefficient (Wildman–Crippen LogP) is 5.22. The summed E-state index contributed by atoms with van der Waals surface area (Å²) in [5, 5.41) is 0. The van der Waals surface area contributed by atoms with Crippen molar-refractivity contribution in [2.24, 2.45) is 5.92 Å². The van der Waals surface area contributed by atoms with Gasteiger partial charge in [0.05, 0.1) is 11.7 Å². The molecule has 182 valence electrons. The van der Waals surface area contributed by atoms with E-state index in [-0.39, 0.29) is 24.2 Å². The lowest BCUT2D eigenvalue weighted by molar-refractivity contribution is -0.145. The Balaban J connectivity index is 1.45. The number of ether oxygens (including phenoxy) is 1. The summed E-state index contributed by atoms with van der Waals surface area (Å²) in [5.41, 5.74) is 0.865. The van der Waals surface area contributed by atoms with Crippen molar-refractivity contribution in [1.82, 2.24) is 19.9 Å². The summed E-state index contributed by atoms with van der Waals surface area (Å²) in [4.78, 5) is 38.4. The van der Waals surface area contributed by atoms with Crippen molar-refractivity contribution >= 4 is 27.8 Å². The number of amides is 1. The van der Waals surface area contributed by atoms with E-state index < -0.39 is 29.7 Å². The van der Waals surface area contributed by atoms with E-state index in [1.54, 1.807) is 31.7 Å². The number of Topliss-reactive ketones (excluding diaryl/α,β-unsaturated/α-hetero) is 1. The first-order chi connectivity index (χ1) is 15.8. The molecule has 3 fully saturated rings. The predicted molar refractivity (Wildman–Crippen MR) is 120 cm³/mol. The minimum absolute atomic E-state index is 0.0287. The van der Waals surface area contributed by atoms with Crippen LogP contribution in [0.25, 0.3) is 11.3 Å². The molecule has 7 nitrogen and oxygen atoms in total. The molecule has 2 aromatic rings. The smallest absolute Gasteiger partial charge is 0.444 e. The van der Waals surface area contributed by atoms with E-state index in [4.69, 9.17) is 4.74 Å². The molecule has 1 aliphatic carbocycles. The summed E-state index contributed by atoms with van der Waals surface area (Å²) in [7, 11) is 0. The molecule has 1 unspecified atom stereocenters. The molecule has 0 spiro atoms. The van der Waals surface area contributed by atoms with Crippen LogP contribution in [0.1, 0.15) is 51.4 Å². The van der Waals surface area contributed by atoms with E-state index in [0.717, 1.165) is 30.8 Å². The molecule has 0 radical (unpaired) electrons.